The number of aromatic nitrogens is 1. The fraction of sp³-hybridized carbons (Fsp3) is 0.250. The normalized spacial score (nSPS) is 13.0. The van der Waals surface area contributed by atoms with Gasteiger partial charge in [0.1, 0.15) is 12.0 Å². The maximum absolute atomic E-state index is 5.45. The van der Waals surface area contributed by atoms with E-state index in [1.165, 1.54) is 0 Å². The van der Waals surface area contributed by atoms with Crippen molar-refractivity contribution in [3.05, 3.63) is 30.4 Å². The highest BCUT2D eigenvalue weighted by Crippen LogP contribution is 2.35. The summed E-state index contributed by atoms with van der Waals surface area (Å²) in [5, 5.41) is 0. The summed E-state index contributed by atoms with van der Waals surface area (Å²) in [5.41, 5.74) is 7.18. The molecule has 0 saturated carbocycles. The Morgan fingerprint density at radius 2 is 2.12 bits per heavy atom. The molecule has 0 radical (unpaired) electrons. The van der Waals surface area contributed by atoms with E-state index in [-0.39, 0.29) is 6.79 Å². The van der Waals surface area contributed by atoms with E-state index in [1.807, 2.05) is 18.2 Å². The summed E-state index contributed by atoms with van der Waals surface area (Å²) < 4.78 is 15.9. The molecule has 88 valence electrons. The first kappa shape index (κ1) is 10.2. The Bertz CT molecular complexity index is 536. The molecule has 0 bridgehead atoms. The van der Waals surface area contributed by atoms with E-state index < -0.39 is 0 Å². The van der Waals surface area contributed by atoms with Crippen LogP contribution in [0.25, 0.3) is 11.3 Å². The van der Waals surface area contributed by atoms with Crippen molar-refractivity contribution in [3.63, 3.8) is 0 Å². The molecule has 0 aliphatic carbocycles. The SMILES string of the molecule is NCCc1nc(-c2ccc3c(c2)OCO3)co1. The smallest absolute Gasteiger partial charge is 0.231 e. The van der Waals surface area contributed by atoms with Crippen molar-refractivity contribution >= 4 is 0 Å². The Morgan fingerprint density at radius 1 is 1.24 bits per heavy atom. The van der Waals surface area contributed by atoms with Crippen molar-refractivity contribution in [1.29, 1.82) is 0 Å². The Morgan fingerprint density at radius 3 is 3.00 bits per heavy atom. The summed E-state index contributed by atoms with van der Waals surface area (Å²) in [4.78, 5) is 4.35. The molecule has 3 rings (SSSR count). The largest absolute Gasteiger partial charge is 0.454 e. The molecule has 0 unspecified atom stereocenters. The molecule has 1 aromatic heterocycles. The minimum Gasteiger partial charge on any atom is -0.454 e. The lowest BCUT2D eigenvalue weighted by molar-refractivity contribution is 0.174. The van der Waals surface area contributed by atoms with Crippen LogP contribution in [0.1, 0.15) is 5.89 Å². The second-order valence-corrected chi connectivity index (χ2v) is 3.73. The van der Waals surface area contributed by atoms with Crippen molar-refractivity contribution < 1.29 is 13.9 Å². The van der Waals surface area contributed by atoms with E-state index >= 15 is 0 Å². The monoisotopic (exact) mass is 232 g/mol. The van der Waals surface area contributed by atoms with Gasteiger partial charge in [-0.2, -0.15) is 0 Å². The van der Waals surface area contributed by atoms with E-state index in [9.17, 15) is 0 Å². The summed E-state index contributed by atoms with van der Waals surface area (Å²) in [5.74, 6) is 2.16. The highest BCUT2D eigenvalue weighted by atomic mass is 16.7. The van der Waals surface area contributed by atoms with Crippen LogP contribution in [0.2, 0.25) is 0 Å². The lowest BCUT2D eigenvalue weighted by Gasteiger charge is -1.98. The van der Waals surface area contributed by atoms with Crippen LogP contribution < -0.4 is 15.2 Å². The Labute approximate surface area is 98.2 Å². The van der Waals surface area contributed by atoms with E-state index in [0.717, 1.165) is 22.8 Å². The number of rotatable bonds is 3. The summed E-state index contributed by atoms with van der Waals surface area (Å²) in [7, 11) is 0. The van der Waals surface area contributed by atoms with Crippen molar-refractivity contribution in [1.82, 2.24) is 4.98 Å². The van der Waals surface area contributed by atoms with Crippen LogP contribution >= 0.6 is 0 Å². The highest BCUT2D eigenvalue weighted by Gasteiger charge is 2.15. The lowest BCUT2D eigenvalue weighted by atomic mass is 10.1. The quantitative estimate of drug-likeness (QED) is 0.869. The van der Waals surface area contributed by atoms with Crippen LogP contribution in [0.3, 0.4) is 0 Å². The average molecular weight is 232 g/mol. The van der Waals surface area contributed by atoms with Crippen LogP contribution in [0.4, 0.5) is 0 Å². The van der Waals surface area contributed by atoms with Crippen molar-refractivity contribution in [3.8, 4) is 22.8 Å². The topological polar surface area (TPSA) is 70.5 Å². The fourth-order valence-corrected chi connectivity index (χ4v) is 1.74. The number of ether oxygens (including phenoxy) is 2. The summed E-state index contributed by atoms with van der Waals surface area (Å²) >= 11 is 0. The van der Waals surface area contributed by atoms with E-state index in [4.69, 9.17) is 19.6 Å². The van der Waals surface area contributed by atoms with E-state index in [2.05, 4.69) is 4.98 Å². The molecule has 17 heavy (non-hydrogen) atoms. The van der Waals surface area contributed by atoms with Gasteiger partial charge in [-0.15, -0.1) is 0 Å². The third-order valence-electron chi connectivity index (χ3n) is 2.58. The van der Waals surface area contributed by atoms with Gasteiger partial charge in [-0.25, -0.2) is 4.98 Å². The number of hydrogen-bond donors (Lipinski definition) is 1. The molecule has 5 nitrogen and oxygen atoms in total. The van der Waals surface area contributed by atoms with Crippen molar-refractivity contribution in [2.75, 3.05) is 13.3 Å². The van der Waals surface area contributed by atoms with Gasteiger partial charge in [0.2, 0.25) is 6.79 Å². The zero-order valence-electron chi connectivity index (χ0n) is 9.18. The van der Waals surface area contributed by atoms with Gasteiger partial charge in [-0.3, -0.25) is 0 Å². The zero-order valence-corrected chi connectivity index (χ0v) is 9.18. The van der Waals surface area contributed by atoms with Gasteiger partial charge in [-0.05, 0) is 18.2 Å². The van der Waals surface area contributed by atoms with E-state index in [0.29, 0.717) is 18.9 Å². The van der Waals surface area contributed by atoms with Gasteiger partial charge in [0.25, 0.3) is 0 Å². The standard InChI is InChI=1S/C12H12N2O3/c13-4-3-12-14-9(6-15-12)8-1-2-10-11(5-8)17-7-16-10/h1-2,5-6H,3-4,7,13H2. The van der Waals surface area contributed by atoms with E-state index in [1.54, 1.807) is 6.26 Å². The average Bonchev–Trinajstić information content (AvgIpc) is 2.96. The molecule has 1 aromatic carbocycles. The molecule has 0 atom stereocenters. The first-order valence-electron chi connectivity index (χ1n) is 5.41. The number of benzene rings is 1. The number of nitrogens with zero attached hydrogens (tertiary/aromatic N) is 1. The summed E-state index contributed by atoms with van der Waals surface area (Å²) in [6.45, 7) is 0.803. The van der Waals surface area contributed by atoms with Crippen LogP contribution in [0, 0.1) is 0 Å². The fourth-order valence-electron chi connectivity index (χ4n) is 1.74. The summed E-state index contributed by atoms with van der Waals surface area (Å²) in [6, 6.07) is 5.69. The predicted molar refractivity (Wildman–Crippen MR) is 60.8 cm³/mol. The molecule has 0 fully saturated rings. The lowest BCUT2D eigenvalue weighted by Crippen LogP contribution is -2.02. The predicted octanol–water partition coefficient (Wildman–Crippen LogP) is 1.57. The first-order valence-corrected chi connectivity index (χ1v) is 5.41. The highest BCUT2D eigenvalue weighted by molar-refractivity contribution is 5.63. The second kappa shape index (κ2) is 4.10. The van der Waals surface area contributed by atoms with Gasteiger partial charge in [0.15, 0.2) is 17.4 Å². The third kappa shape index (κ3) is 1.85. The molecule has 2 aromatic rings. The summed E-state index contributed by atoms with van der Waals surface area (Å²) in [6.07, 6.45) is 2.27. The van der Waals surface area contributed by atoms with Crippen molar-refractivity contribution in [2.45, 2.75) is 6.42 Å². The maximum atomic E-state index is 5.45. The molecule has 1 aliphatic heterocycles. The number of oxazole rings is 1. The van der Waals surface area contributed by atoms with Gasteiger partial charge in [0, 0.05) is 18.5 Å². The van der Waals surface area contributed by atoms with Crippen LogP contribution in [-0.4, -0.2) is 18.3 Å². The van der Waals surface area contributed by atoms with Gasteiger partial charge in [0.05, 0.1) is 0 Å². The van der Waals surface area contributed by atoms with Gasteiger partial charge < -0.3 is 19.6 Å². The van der Waals surface area contributed by atoms with Gasteiger partial charge >= 0.3 is 0 Å². The minimum atomic E-state index is 0.274. The Balaban J connectivity index is 1.92. The Kier molecular flexibility index (Phi) is 2.45. The maximum Gasteiger partial charge on any atom is 0.231 e. The molecular formula is C12H12N2O3. The molecule has 1 aliphatic rings. The van der Waals surface area contributed by atoms with Crippen LogP contribution in [0.15, 0.2) is 28.9 Å². The number of fused-ring (bicyclic) bond motifs is 1. The van der Waals surface area contributed by atoms with Crippen LogP contribution in [-0.2, 0) is 6.42 Å². The molecular weight excluding hydrogens is 220 g/mol. The molecule has 5 heteroatoms. The minimum absolute atomic E-state index is 0.274. The zero-order chi connectivity index (χ0) is 11.7. The molecule has 0 spiro atoms. The van der Waals surface area contributed by atoms with Gasteiger partial charge in [-0.1, -0.05) is 0 Å². The molecule has 2 heterocycles. The molecule has 0 amide bonds. The Hall–Kier alpha value is -2.01. The number of hydrogen-bond acceptors (Lipinski definition) is 5. The molecule has 0 saturated heterocycles. The first-order chi connectivity index (χ1) is 8.36. The van der Waals surface area contributed by atoms with Crippen LogP contribution in [0.5, 0.6) is 11.5 Å². The molecule has 2 N–H and O–H groups in total. The second-order valence-electron chi connectivity index (χ2n) is 3.73. The van der Waals surface area contributed by atoms with Crippen molar-refractivity contribution in [2.24, 2.45) is 5.73 Å². The third-order valence-corrected chi connectivity index (χ3v) is 2.58. The number of nitrogens with two attached hydrogens (primary N) is 1.